The van der Waals surface area contributed by atoms with Crippen LogP contribution in [0.15, 0.2) is 18.2 Å². The fourth-order valence-corrected chi connectivity index (χ4v) is 2.90. The molecule has 4 nitrogen and oxygen atoms in total. The van der Waals surface area contributed by atoms with Crippen molar-refractivity contribution in [3.8, 4) is 0 Å². The van der Waals surface area contributed by atoms with Crippen LogP contribution < -0.4 is 5.32 Å². The van der Waals surface area contributed by atoms with Crippen molar-refractivity contribution >= 4 is 34.8 Å². The predicted octanol–water partition coefficient (Wildman–Crippen LogP) is 3.04. The Morgan fingerprint density at radius 1 is 1.30 bits per heavy atom. The lowest BCUT2D eigenvalue weighted by Crippen LogP contribution is -2.48. The Kier molecular flexibility index (Phi) is 5.27. The van der Waals surface area contributed by atoms with Crippen LogP contribution in [0.1, 0.15) is 13.8 Å². The van der Waals surface area contributed by atoms with Crippen LogP contribution in [0.5, 0.6) is 0 Å². The zero-order valence-electron chi connectivity index (χ0n) is 11.5. The zero-order chi connectivity index (χ0) is 14.7. The Morgan fingerprint density at radius 2 is 1.85 bits per heavy atom. The Labute approximate surface area is 129 Å². The molecule has 0 bridgehead atoms. The molecule has 0 radical (unpaired) electrons. The molecule has 1 fully saturated rings. The van der Waals surface area contributed by atoms with Gasteiger partial charge >= 0.3 is 0 Å². The number of ether oxygens (including phenoxy) is 1. The van der Waals surface area contributed by atoms with E-state index in [1.54, 1.807) is 18.2 Å². The summed E-state index contributed by atoms with van der Waals surface area (Å²) in [5.74, 6) is -0.124. The summed E-state index contributed by atoms with van der Waals surface area (Å²) in [5, 5.41) is 3.65. The van der Waals surface area contributed by atoms with Gasteiger partial charge in [0.15, 0.2) is 0 Å². The van der Waals surface area contributed by atoms with Crippen molar-refractivity contribution in [2.24, 2.45) is 0 Å². The van der Waals surface area contributed by atoms with Gasteiger partial charge in [0.25, 0.3) is 0 Å². The van der Waals surface area contributed by atoms with E-state index in [4.69, 9.17) is 27.9 Å². The maximum absolute atomic E-state index is 12.1. The van der Waals surface area contributed by atoms with E-state index in [0.29, 0.717) is 22.3 Å². The molecule has 1 amide bonds. The average molecular weight is 317 g/mol. The molecule has 20 heavy (non-hydrogen) atoms. The highest BCUT2D eigenvalue weighted by Gasteiger charge is 2.24. The van der Waals surface area contributed by atoms with Gasteiger partial charge in [-0.05, 0) is 26.0 Å². The quantitative estimate of drug-likeness (QED) is 0.932. The third-order valence-electron chi connectivity index (χ3n) is 3.09. The fraction of sp³-hybridized carbons (Fsp3) is 0.500. The Hall–Kier alpha value is -0.810. The van der Waals surface area contributed by atoms with Crippen molar-refractivity contribution in [1.29, 1.82) is 0 Å². The third kappa shape index (κ3) is 4.09. The van der Waals surface area contributed by atoms with Crippen LogP contribution in [0.3, 0.4) is 0 Å². The van der Waals surface area contributed by atoms with Crippen molar-refractivity contribution in [3.05, 3.63) is 28.2 Å². The van der Waals surface area contributed by atoms with Crippen LogP contribution in [0, 0.1) is 0 Å². The Balaban J connectivity index is 1.95. The molecule has 6 heteroatoms. The Morgan fingerprint density at radius 3 is 2.40 bits per heavy atom. The van der Waals surface area contributed by atoms with Gasteiger partial charge < -0.3 is 10.1 Å². The van der Waals surface area contributed by atoms with Gasteiger partial charge in [-0.2, -0.15) is 0 Å². The number of hydrogen-bond donors (Lipinski definition) is 1. The molecule has 0 aliphatic carbocycles. The first-order valence-corrected chi connectivity index (χ1v) is 7.33. The summed E-state index contributed by atoms with van der Waals surface area (Å²) in [7, 11) is 0. The molecule has 2 unspecified atom stereocenters. The van der Waals surface area contributed by atoms with Crippen molar-refractivity contribution in [1.82, 2.24) is 4.90 Å². The lowest BCUT2D eigenvalue weighted by Gasteiger charge is -2.34. The van der Waals surface area contributed by atoms with E-state index in [-0.39, 0.29) is 18.1 Å². The minimum Gasteiger partial charge on any atom is -0.373 e. The topological polar surface area (TPSA) is 41.6 Å². The number of anilines is 1. The highest BCUT2D eigenvalue weighted by molar-refractivity contribution is 6.39. The smallest absolute Gasteiger partial charge is 0.238 e. The minimum atomic E-state index is -0.124. The minimum absolute atomic E-state index is 0.124. The standard InChI is InChI=1S/C14H18Cl2N2O2/c1-9-6-18(7-10(2)20-9)8-13(19)17-14-11(15)4-3-5-12(14)16/h3-5,9-10H,6-8H2,1-2H3,(H,17,19). The van der Waals surface area contributed by atoms with E-state index in [2.05, 4.69) is 10.2 Å². The Bertz CT molecular complexity index is 466. The maximum atomic E-state index is 12.1. The molecule has 0 saturated carbocycles. The van der Waals surface area contributed by atoms with Crippen LogP contribution >= 0.6 is 23.2 Å². The van der Waals surface area contributed by atoms with Crippen molar-refractivity contribution in [2.75, 3.05) is 25.0 Å². The van der Waals surface area contributed by atoms with Gasteiger partial charge in [0.05, 0.1) is 34.5 Å². The second-order valence-electron chi connectivity index (χ2n) is 5.10. The largest absolute Gasteiger partial charge is 0.373 e. The second kappa shape index (κ2) is 6.76. The van der Waals surface area contributed by atoms with Gasteiger partial charge in [-0.25, -0.2) is 0 Å². The van der Waals surface area contributed by atoms with Gasteiger partial charge in [-0.3, -0.25) is 9.69 Å². The molecule has 1 aliphatic rings. The van der Waals surface area contributed by atoms with Crippen LogP contribution in [-0.2, 0) is 9.53 Å². The number of benzene rings is 1. The van der Waals surface area contributed by atoms with Crippen LogP contribution in [0.4, 0.5) is 5.69 Å². The van der Waals surface area contributed by atoms with Gasteiger partial charge in [0, 0.05) is 13.1 Å². The lowest BCUT2D eigenvalue weighted by molar-refractivity contribution is -0.121. The first-order chi connectivity index (χ1) is 9.45. The molecule has 1 saturated heterocycles. The summed E-state index contributed by atoms with van der Waals surface area (Å²) in [6.07, 6.45) is 0.269. The molecular formula is C14H18Cl2N2O2. The molecule has 1 aliphatic heterocycles. The summed E-state index contributed by atoms with van der Waals surface area (Å²) in [6, 6.07) is 5.13. The molecule has 0 spiro atoms. The van der Waals surface area contributed by atoms with Gasteiger partial charge in [-0.15, -0.1) is 0 Å². The monoisotopic (exact) mass is 316 g/mol. The molecule has 2 atom stereocenters. The zero-order valence-corrected chi connectivity index (χ0v) is 13.0. The third-order valence-corrected chi connectivity index (χ3v) is 3.72. The number of morpholine rings is 1. The molecule has 1 heterocycles. The van der Waals surface area contributed by atoms with Crippen LogP contribution in [-0.4, -0.2) is 42.6 Å². The normalized spacial score (nSPS) is 23.6. The number of carbonyl (C=O) groups is 1. The second-order valence-corrected chi connectivity index (χ2v) is 5.91. The molecular weight excluding hydrogens is 299 g/mol. The number of para-hydroxylation sites is 1. The highest BCUT2D eigenvalue weighted by atomic mass is 35.5. The van der Waals surface area contributed by atoms with E-state index >= 15 is 0 Å². The summed E-state index contributed by atoms with van der Waals surface area (Å²) >= 11 is 12.1. The van der Waals surface area contributed by atoms with Gasteiger partial charge in [0.1, 0.15) is 0 Å². The number of nitrogens with one attached hydrogen (secondary N) is 1. The van der Waals surface area contributed by atoms with Crippen molar-refractivity contribution < 1.29 is 9.53 Å². The highest BCUT2D eigenvalue weighted by Crippen LogP contribution is 2.29. The number of carbonyl (C=O) groups excluding carboxylic acids is 1. The number of halogens is 2. The number of amides is 1. The molecule has 0 aromatic heterocycles. The van der Waals surface area contributed by atoms with Crippen molar-refractivity contribution in [3.63, 3.8) is 0 Å². The molecule has 1 aromatic carbocycles. The first-order valence-electron chi connectivity index (χ1n) is 6.57. The maximum Gasteiger partial charge on any atom is 0.238 e. The SMILES string of the molecule is CC1CN(CC(=O)Nc2c(Cl)cccc2Cl)CC(C)O1. The molecule has 2 rings (SSSR count). The van der Waals surface area contributed by atoms with E-state index in [0.717, 1.165) is 13.1 Å². The lowest BCUT2D eigenvalue weighted by atomic mass is 10.2. The van der Waals surface area contributed by atoms with E-state index < -0.39 is 0 Å². The number of nitrogens with zero attached hydrogens (tertiary/aromatic N) is 1. The summed E-state index contributed by atoms with van der Waals surface area (Å²) in [4.78, 5) is 14.2. The van der Waals surface area contributed by atoms with Crippen LogP contribution in [0.2, 0.25) is 10.0 Å². The van der Waals surface area contributed by atoms with E-state index in [1.165, 1.54) is 0 Å². The number of rotatable bonds is 3. The first kappa shape index (κ1) is 15.6. The van der Waals surface area contributed by atoms with E-state index in [1.807, 2.05) is 13.8 Å². The summed E-state index contributed by atoms with van der Waals surface area (Å²) < 4.78 is 5.64. The van der Waals surface area contributed by atoms with Gasteiger partial charge in [-0.1, -0.05) is 29.3 Å². The van der Waals surface area contributed by atoms with E-state index in [9.17, 15) is 4.79 Å². The fourth-order valence-electron chi connectivity index (χ4n) is 2.41. The molecule has 1 aromatic rings. The van der Waals surface area contributed by atoms with Gasteiger partial charge in [0.2, 0.25) is 5.91 Å². The predicted molar refractivity (Wildman–Crippen MR) is 81.5 cm³/mol. The summed E-state index contributed by atoms with van der Waals surface area (Å²) in [5.41, 5.74) is 0.468. The average Bonchev–Trinajstić information content (AvgIpc) is 2.32. The van der Waals surface area contributed by atoms with Crippen LogP contribution in [0.25, 0.3) is 0 Å². The summed E-state index contributed by atoms with van der Waals surface area (Å²) in [6.45, 7) is 5.80. The molecule has 1 N–H and O–H groups in total. The molecule has 110 valence electrons. The van der Waals surface area contributed by atoms with Crippen molar-refractivity contribution in [2.45, 2.75) is 26.1 Å². The number of hydrogen-bond acceptors (Lipinski definition) is 3.